The van der Waals surface area contributed by atoms with Crippen LogP contribution in [0.25, 0.3) is 0 Å². The fraction of sp³-hybridized carbons (Fsp3) is 0.364. The minimum Gasteiger partial charge on any atom is -0.399 e. The van der Waals surface area contributed by atoms with Crippen LogP contribution in [-0.2, 0) is 9.84 Å². The molecule has 0 aliphatic carbocycles. The van der Waals surface area contributed by atoms with E-state index < -0.39 is 9.84 Å². The molecule has 1 aromatic rings. The second kappa shape index (κ2) is 3.83. The van der Waals surface area contributed by atoms with Crippen LogP contribution >= 0.6 is 12.2 Å². The van der Waals surface area contributed by atoms with Gasteiger partial charge in [-0.2, -0.15) is 0 Å². The van der Waals surface area contributed by atoms with Crippen LogP contribution in [0.5, 0.6) is 0 Å². The van der Waals surface area contributed by atoms with Crippen LogP contribution in [0, 0.1) is 0 Å². The Morgan fingerprint density at radius 3 is 2.61 bits per heavy atom. The summed E-state index contributed by atoms with van der Waals surface area (Å²) in [7, 11) is -2.97. The third-order valence-corrected chi connectivity index (χ3v) is 5.38. The fourth-order valence-corrected chi connectivity index (χ4v) is 4.83. The molecule has 0 radical (unpaired) electrons. The molecule has 2 saturated heterocycles. The highest BCUT2D eigenvalue weighted by molar-refractivity contribution is 7.91. The molecule has 0 bridgehead atoms. The number of thiocarbonyl (C=S) groups is 1. The van der Waals surface area contributed by atoms with Gasteiger partial charge in [0, 0.05) is 11.4 Å². The van der Waals surface area contributed by atoms with Gasteiger partial charge in [0.15, 0.2) is 14.9 Å². The highest BCUT2D eigenvalue weighted by atomic mass is 32.2. The molecule has 7 heteroatoms. The predicted molar refractivity (Wildman–Crippen MR) is 75.3 cm³/mol. The van der Waals surface area contributed by atoms with Gasteiger partial charge < -0.3 is 16.0 Å². The Labute approximate surface area is 111 Å². The van der Waals surface area contributed by atoms with E-state index in [9.17, 15) is 8.42 Å². The van der Waals surface area contributed by atoms with Crippen molar-refractivity contribution >= 4 is 38.5 Å². The molecule has 2 unspecified atom stereocenters. The second-order valence-corrected chi connectivity index (χ2v) is 7.20. The van der Waals surface area contributed by atoms with Crippen molar-refractivity contribution in [1.29, 1.82) is 0 Å². The molecule has 0 amide bonds. The van der Waals surface area contributed by atoms with Crippen molar-refractivity contribution in [3.8, 4) is 0 Å². The van der Waals surface area contributed by atoms with E-state index in [1.807, 2.05) is 17.0 Å². The monoisotopic (exact) mass is 283 g/mol. The zero-order valence-electron chi connectivity index (χ0n) is 9.54. The third-order valence-electron chi connectivity index (χ3n) is 3.35. The van der Waals surface area contributed by atoms with E-state index in [2.05, 4.69) is 5.32 Å². The van der Waals surface area contributed by atoms with Gasteiger partial charge >= 0.3 is 0 Å². The van der Waals surface area contributed by atoms with Gasteiger partial charge in [0.2, 0.25) is 0 Å². The number of sulfone groups is 1. The number of nitrogens with two attached hydrogens (primary N) is 1. The summed E-state index contributed by atoms with van der Waals surface area (Å²) < 4.78 is 23.3. The Morgan fingerprint density at radius 2 is 1.94 bits per heavy atom. The van der Waals surface area contributed by atoms with Gasteiger partial charge in [-0.1, -0.05) is 0 Å². The Hall–Kier alpha value is -1.34. The molecule has 2 fully saturated rings. The Kier molecular flexibility index (Phi) is 2.49. The fourth-order valence-electron chi connectivity index (χ4n) is 2.54. The van der Waals surface area contributed by atoms with Crippen LogP contribution in [0.3, 0.4) is 0 Å². The van der Waals surface area contributed by atoms with Crippen LogP contribution < -0.4 is 16.0 Å². The quantitative estimate of drug-likeness (QED) is 0.563. The average molecular weight is 283 g/mol. The lowest BCUT2D eigenvalue weighted by Gasteiger charge is -2.23. The SMILES string of the molecule is Nc1ccc(N2C(=S)NC3CS(=O)(=O)CC32)cc1. The van der Waals surface area contributed by atoms with Crippen molar-refractivity contribution < 1.29 is 8.42 Å². The molecular weight excluding hydrogens is 270 g/mol. The van der Waals surface area contributed by atoms with Gasteiger partial charge in [0.1, 0.15) is 0 Å². The molecule has 1 aromatic carbocycles. The predicted octanol–water partition coefficient (Wildman–Crippen LogP) is 0.129. The van der Waals surface area contributed by atoms with Crippen molar-refractivity contribution in [2.75, 3.05) is 22.1 Å². The van der Waals surface area contributed by atoms with Crippen LogP contribution in [0.1, 0.15) is 0 Å². The first-order chi connectivity index (χ1) is 8.46. The molecule has 0 aromatic heterocycles. The number of rotatable bonds is 1. The van der Waals surface area contributed by atoms with E-state index in [1.165, 1.54) is 0 Å². The van der Waals surface area contributed by atoms with E-state index in [0.717, 1.165) is 5.69 Å². The number of anilines is 2. The Morgan fingerprint density at radius 1 is 1.28 bits per heavy atom. The maximum Gasteiger partial charge on any atom is 0.174 e. The minimum atomic E-state index is -2.97. The number of benzene rings is 1. The van der Waals surface area contributed by atoms with E-state index in [4.69, 9.17) is 18.0 Å². The van der Waals surface area contributed by atoms with Crippen molar-refractivity contribution in [3.05, 3.63) is 24.3 Å². The standard InChI is InChI=1S/C11H13N3O2S2/c12-7-1-3-8(4-2-7)14-10-6-18(15,16)5-9(10)13-11(14)17/h1-4,9-10H,5-6,12H2,(H,13,17). The summed E-state index contributed by atoms with van der Waals surface area (Å²) in [5, 5.41) is 3.67. The van der Waals surface area contributed by atoms with Crippen LogP contribution in [0.2, 0.25) is 0 Å². The molecule has 0 saturated carbocycles. The lowest BCUT2D eigenvalue weighted by molar-refractivity contribution is 0.600. The Balaban J connectivity index is 1.96. The maximum atomic E-state index is 11.7. The van der Waals surface area contributed by atoms with Crippen LogP contribution in [-0.4, -0.2) is 37.1 Å². The van der Waals surface area contributed by atoms with Gasteiger partial charge in [-0.25, -0.2) is 8.42 Å². The molecule has 2 aliphatic rings. The third kappa shape index (κ3) is 1.83. The molecule has 2 heterocycles. The summed E-state index contributed by atoms with van der Waals surface area (Å²) in [4.78, 5) is 1.88. The number of nitrogens with zero attached hydrogens (tertiary/aromatic N) is 1. The summed E-state index contributed by atoms with van der Waals surface area (Å²) in [6.45, 7) is 0. The molecule has 3 rings (SSSR count). The minimum absolute atomic E-state index is 0.0972. The first kappa shape index (κ1) is 11.7. The van der Waals surface area contributed by atoms with E-state index in [-0.39, 0.29) is 23.6 Å². The molecule has 3 N–H and O–H groups in total. The van der Waals surface area contributed by atoms with Gasteiger partial charge in [-0.15, -0.1) is 0 Å². The smallest absolute Gasteiger partial charge is 0.174 e. The van der Waals surface area contributed by atoms with Gasteiger partial charge in [0.25, 0.3) is 0 Å². The van der Waals surface area contributed by atoms with Crippen molar-refractivity contribution in [2.45, 2.75) is 12.1 Å². The highest BCUT2D eigenvalue weighted by Crippen LogP contribution is 2.29. The van der Waals surface area contributed by atoms with Crippen molar-refractivity contribution in [3.63, 3.8) is 0 Å². The maximum absolute atomic E-state index is 11.7. The summed E-state index contributed by atoms with van der Waals surface area (Å²) in [5.74, 6) is 0.304. The van der Waals surface area contributed by atoms with Gasteiger partial charge in [-0.05, 0) is 36.5 Å². The number of nitrogens with one attached hydrogen (secondary N) is 1. The summed E-state index contributed by atoms with van der Waals surface area (Å²) in [6, 6.07) is 7.09. The summed E-state index contributed by atoms with van der Waals surface area (Å²) in [6.07, 6.45) is 0. The van der Waals surface area contributed by atoms with Crippen LogP contribution in [0.15, 0.2) is 24.3 Å². The normalized spacial score (nSPS) is 29.1. The molecule has 96 valence electrons. The first-order valence-electron chi connectivity index (χ1n) is 5.62. The number of hydrogen-bond donors (Lipinski definition) is 2. The van der Waals surface area contributed by atoms with E-state index in [0.29, 0.717) is 10.8 Å². The highest BCUT2D eigenvalue weighted by Gasteiger charge is 2.47. The number of nitrogen functional groups attached to an aromatic ring is 1. The Bertz CT molecular complexity index is 597. The van der Waals surface area contributed by atoms with E-state index in [1.54, 1.807) is 12.1 Å². The largest absolute Gasteiger partial charge is 0.399 e. The molecular formula is C11H13N3O2S2. The zero-order valence-corrected chi connectivity index (χ0v) is 11.2. The molecule has 2 aliphatic heterocycles. The summed E-state index contributed by atoms with van der Waals surface area (Å²) in [5.41, 5.74) is 7.20. The van der Waals surface area contributed by atoms with Crippen LogP contribution in [0.4, 0.5) is 11.4 Å². The van der Waals surface area contributed by atoms with Gasteiger partial charge in [0.05, 0.1) is 23.6 Å². The zero-order chi connectivity index (χ0) is 12.9. The number of fused-ring (bicyclic) bond motifs is 1. The molecule has 0 spiro atoms. The van der Waals surface area contributed by atoms with E-state index >= 15 is 0 Å². The van der Waals surface area contributed by atoms with Crippen molar-refractivity contribution in [2.24, 2.45) is 0 Å². The summed E-state index contributed by atoms with van der Waals surface area (Å²) >= 11 is 5.27. The van der Waals surface area contributed by atoms with Crippen molar-refractivity contribution in [1.82, 2.24) is 5.32 Å². The lowest BCUT2D eigenvalue weighted by atomic mass is 10.1. The molecule has 5 nitrogen and oxygen atoms in total. The number of hydrogen-bond acceptors (Lipinski definition) is 4. The average Bonchev–Trinajstić information content (AvgIpc) is 2.70. The topological polar surface area (TPSA) is 75.4 Å². The lowest BCUT2D eigenvalue weighted by Crippen LogP contribution is -2.36. The molecule has 18 heavy (non-hydrogen) atoms. The first-order valence-corrected chi connectivity index (χ1v) is 7.85. The molecule has 2 atom stereocenters. The second-order valence-electron chi connectivity index (χ2n) is 4.66. The van der Waals surface area contributed by atoms with Gasteiger partial charge in [-0.3, -0.25) is 0 Å².